The Morgan fingerprint density at radius 2 is 1.09 bits per heavy atom. The van der Waals surface area contributed by atoms with E-state index in [4.69, 9.17) is 8.83 Å². The van der Waals surface area contributed by atoms with E-state index < -0.39 is 0 Å². The Bertz CT molecular complexity index is 4160. The van der Waals surface area contributed by atoms with Gasteiger partial charge in [0.05, 0.1) is 5.69 Å². The number of hydrogen-bond donors (Lipinski definition) is 0. The monoisotopic (exact) mass is 887 g/mol. The van der Waals surface area contributed by atoms with E-state index in [0.717, 1.165) is 105 Å². The summed E-state index contributed by atoms with van der Waals surface area (Å²) in [4.78, 5) is 2.31. The highest BCUT2D eigenvalue weighted by Gasteiger charge is 2.21. The average Bonchev–Trinajstić information content (AvgIpc) is 4.11. The van der Waals surface area contributed by atoms with Gasteiger partial charge in [-0.3, -0.25) is 0 Å². The number of para-hydroxylation sites is 3. The third-order valence-corrected chi connectivity index (χ3v) is 14.6. The standard InChI is InChI=1S/C64H41NO2S/c1-2-46(18-11-16-45-17-12-26-55-51-21-7-10-30-60(51)68-64(45)55)65(57-27-8-5-20-50(57)52-24-13-25-53-54-40-37-43-15-3-4-19-49(43)62(54)67-63(52)53)47-38-35-42(36-39-47)41-31-33-44(34-32-41)48-23-14-29-59-61(48)56-22-6-9-28-58(56)66-59/h2-40H,1H2/b16-11+,46-18+. The largest absolute Gasteiger partial charge is 0.456 e. The van der Waals surface area contributed by atoms with Crippen molar-refractivity contribution in [3.05, 3.63) is 248 Å². The number of thiophene rings is 1. The molecule has 0 unspecified atom stereocenters. The first-order valence-electron chi connectivity index (χ1n) is 22.9. The van der Waals surface area contributed by atoms with Crippen LogP contribution in [0.2, 0.25) is 0 Å². The molecule has 0 saturated carbocycles. The van der Waals surface area contributed by atoms with Crippen LogP contribution in [0.15, 0.2) is 252 Å². The molecule has 0 atom stereocenters. The molecule has 3 nitrogen and oxygen atoms in total. The summed E-state index contributed by atoms with van der Waals surface area (Å²) in [6.07, 6.45) is 8.48. The predicted molar refractivity (Wildman–Crippen MR) is 290 cm³/mol. The highest BCUT2D eigenvalue weighted by atomic mass is 32.1. The molecule has 320 valence electrons. The Balaban J connectivity index is 0.919. The SMILES string of the molecule is C=C/C(=C\C=C\c1cccc2c1sc1ccccc12)N(c1ccc(-c2ccc(-c3cccc4oc5ccccc5c34)cc2)cc1)c1ccccc1-c1cccc2c1oc1c3ccccc3ccc21. The second kappa shape index (κ2) is 16.3. The van der Waals surface area contributed by atoms with Crippen molar-refractivity contribution in [1.29, 1.82) is 0 Å². The van der Waals surface area contributed by atoms with Gasteiger partial charge in [0.25, 0.3) is 0 Å². The van der Waals surface area contributed by atoms with Crippen LogP contribution in [0, 0.1) is 0 Å². The fourth-order valence-electron chi connectivity index (χ4n) is 10.1. The molecule has 3 aromatic heterocycles. The number of nitrogens with zero attached hydrogens (tertiary/aromatic N) is 1. The first-order chi connectivity index (χ1) is 33.7. The van der Waals surface area contributed by atoms with E-state index in [1.165, 1.54) is 25.7 Å². The van der Waals surface area contributed by atoms with E-state index in [-0.39, 0.29) is 0 Å². The molecule has 0 fully saturated rings. The molecule has 0 radical (unpaired) electrons. The molecule has 13 rings (SSSR count). The number of benzene rings is 10. The fraction of sp³-hybridized carbons (Fsp3) is 0. The lowest BCUT2D eigenvalue weighted by atomic mass is 9.96. The van der Waals surface area contributed by atoms with E-state index in [9.17, 15) is 0 Å². The zero-order valence-corrected chi connectivity index (χ0v) is 37.7. The summed E-state index contributed by atoms with van der Waals surface area (Å²) in [6.45, 7) is 4.41. The molecule has 0 amide bonds. The molecule has 0 aliphatic rings. The maximum Gasteiger partial charge on any atom is 0.143 e. The highest BCUT2D eigenvalue weighted by molar-refractivity contribution is 7.26. The van der Waals surface area contributed by atoms with Crippen LogP contribution >= 0.6 is 11.3 Å². The van der Waals surface area contributed by atoms with E-state index >= 15 is 0 Å². The van der Waals surface area contributed by atoms with Crippen LogP contribution in [0.3, 0.4) is 0 Å². The van der Waals surface area contributed by atoms with Gasteiger partial charge in [-0.05, 0) is 87.8 Å². The lowest BCUT2D eigenvalue weighted by molar-refractivity contribution is 0.669. The molecular weight excluding hydrogens is 847 g/mol. The van der Waals surface area contributed by atoms with Crippen LogP contribution in [0.5, 0.6) is 0 Å². The maximum absolute atomic E-state index is 6.92. The van der Waals surface area contributed by atoms with Crippen LogP contribution in [0.4, 0.5) is 11.4 Å². The van der Waals surface area contributed by atoms with Crippen molar-refractivity contribution in [2.24, 2.45) is 0 Å². The van der Waals surface area contributed by atoms with Crippen molar-refractivity contribution in [3.63, 3.8) is 0 Å². The first kappa shape index (κ1) is 39.6. The quantitative estimate of drug-likeness (QED) is 0.135. The van der Waals surface area contributed by atoms with Gasteiger partial charge in [0.2, 0.25) is 0 Å². The number of fused-ring (bicyclic) bond motifs is 11. The van der Waals surface area contributed by atoms with Crippen molar-refractivity contribution >= 4 is 104 Å². The molecule has 13 aromatic rings. The minimum Gasteiger partial charge on any atom is -0.456 e. The van der Waals surface area contributed by atoms with Crippen LogP contribution < -0.4 is 4.90 Å². The number of anilines is 2. The smallest absolute Gasteiger partial charge is 0.143 e. The normalized spacial score (nSPS) is 12.2. The van der Waals surface area contributed by atoms with E-state index in [1.807, 2.05) is 35.6 Å². The van der Waals surface area contributed by atoms with Gasteiger partial charge in [0, 0.05) is 69.6 Å². The Morgan fingerprint density at radius 3 is 1.96 bits per heavy atom. The predicted octanol–water partition coefficient (Wildman–Crippen LogP) is 18.9. The van der Waals surface area contributed by atoms with Crippen molar-refractivity contribution in [3.8, 4) is 33.4 Å². The molecule has 3 heterocycles. The molecule has 0 spiro atoms. The van der Waals surface area contributed by atoms with Gasteiger partial charge in [-0.15, -0.1) is 11.3 Å². The van der Waals surface area contributed by atoms with E-state index in [2.05, 4.69) is 224 Å². The van der Waals surface area contributed by atoms with Crippen LogP contribution in [0.1, 0.15) is 5.56 Å². The number of rotatable bonds is 9. The summed E-state index contributed by atoms with van der Waals surface area (Å²) < 4.78 is 15.7. The molecule has 0 N–H and O–H groups in total. The first-order valence-corrected chi connectivity index (χ1v) is 23.7. The lowest BCUT2D eigenvalue weighted by Crippen LogP contribution is -2.16. The Kier molecular flexibility index (Phi) is 9.52. The van der Waals surface area contributed by atoms with Crippen molar-refractivity contribution in [2.75, 3.05) is 4.90 Å². The van der Waals surface area contributed by atoms with Crippen LogP contribution in [0.25, 0.3) is 114 Å². The fourth-order valence-corrected chi connectivity index (χ4v) is 11.3. The van der Waals surface area contributed by atoms with Gasteiger partial charge in [-0.2, -0.15) is 0 Å². The molecule has 4 heteroatoms. The summed E-state index contributed by atoms with van der Waals surface area (Å²) in [5, 5.41) is 9.31. The Morgan fingerprint density at radius 1 is 0.456 bits per heavy atom. The van der Waals surface area contributed by atoms with Gasteiger partial charge < -0.3 is 13.7 Å². The van der Waals surface area contributed by atoms with Crippen molar-refractivity contribution in [1.82, 2.24) is 0 Å². The maximum atomic E-state index is 6.92. The minimum absolute atomic E-state index is 0.864. The highest BCUT2D eigenvalue weighted by Crippen LogP contribution is 2.45. The van der Waals surface area contributed by atoms with Crippen molar-refractivity contribution < 1.29 is 8.83 Å². The van der Waals surface area contributed by atoms with E-state index in [1.54, 1.807) is 0 Å². The van der Waals surface area contributed by atoms with Gasteiger partial charge in [-0.25, -0.2) is 0 Å². The molecule has 0 aliphatic heterocycles. The average molecular weight is 888 g/mol. The van der Waals surface area contributed by atoms with Gasteiger partial charge in [0.1, 0.15) is 22.3 Å². The number of furan rings is 2. The zero-order chi connectivity index (χ0) is 45.1. The molecule has 0 aliphatic carbocycles. The Hall–Kier alpha value is -8.70. The molecule has 10 aromatic carbocycles. The van der Waals surface area contributed by atoms with Crippen molar-refractivity contribution in [2.45, 2.75) is 0 Å². The Labute approximate surface area is 397 Å². The molecule has 0 bridgehead atoms. The summed E-state index contributed by atoms with van der Waals surface area (Å²) in [5.74, 6) is 0. The number of hydrogen-bond acceptors (Lipinski definition) is 4. The minimum atomic E-state index is 0.864. The second-order valence-corrected chi connectivity index (χ2v) is 18.2. The molecular formula is C64H41NO2S. The van der Waals surface area contributed by atoms with Gasteiger partial charge in [-0.1, -0.05) is 189 Å². The number of allylic oxidation sites excluding steroid dienone is 3. The third-order valence-electron chi connectivity index (χ3n) is 13.3. The summed E-state index contributed by atoms with van der Waals surface area (Å²) in [5.41, 5.74) is 14.3. The van der Waals surface area contributed by atoms with Crippen LogP contribution in [-0.4, -0.2) is 0 Å². The third kappa shape index (κ3) is 6.57. The van der Waals surface area contributed by atoms with Crippen LogP contribution in [-0.2, 0) is 0 Å². The molecule has 68 heavy (non-hydrogen) atoms. The topological polar surface area (TPSA) is 29.5 Å². The summed E-state index contributed by atoms with van der Waals surface area (Å²) in [7, 11) is 0. The van der Waals surface area contributed by atoms with E-state index in [0.29, 0.717) is 0 Å². The second-order valence-electron chi connectivity index (χ2n) is 17.2. The molecule has 0 saturated heterocycles. The lowest BCUT2D eigenvalue weighted by Gasteiger charge is -2.28. The van der Waals surface area contributed by atoms with Gasteiger partial charge in [0.15, 0.2) is 0 Å². The zero-order valence-electron chi connectivity index (χ0n) is 36.9. The summed E-state index contributed by atoms with van der Waals surface area (Å²) in [6, 6.07) is 75.4. The summed E-state index contributed by atoms with van der Waals surface area (Å²) >= 11 is 1.84. The van der Waals surface area contributed by atoms with Gasteiger partial charge >= 0.3 is 0 Å².